The van der Waals surface area contributed by atoms with Crippen LogP contribution >= 0.6 is 11.8 Å². The molecule has 0 saturated carbocycles. The lowest BCUT2D eigenvalue weighted by atomic mass is 10.1. The summed E-state index contributed by atoms with van der Waals surface area (Å²) in [6, 6.07) is 0. The van der Waals surface area contributed by atoms with E-state index in [9.17, 15) is 4.79 Å². The third-order valence-corrected chi connectivity index (χ3v) is 3.46. The second kappa shape index (κ2) is 4.50. The molecule has 1 unspecified atom stereocenters. The number of carboxylic acids is 1. The summed E-state index contributed by atoms with van der Waals surface area (Å²) in [5.74, 6) is -0.692. The number of hydrogen-bond donors (Lipinski definition) is 1. The van der Waals surface area contributed by atoms with Crippen LogP contribution in [0.2, 0.25) is 0 Å². The van der Waals surface area contributed by atoms with Crippen LogP contribution in [-0.4, -0.2) is 25.9 Å². The Kier molecular flexibility index (Phi) is 3.57. The normalized spacial score (nSPS) is 13.1. The lowest BCUT2D eigenvalue weighted by molar-refractivity contribution is -0.137. The molecular weight excluding hydrogens is 200 g/mol. The average Bonchev–Trinajstić information content (AvgIpc) is 2.46. The number of aryl methyl sites for hydroxylation is 1. The summed E-state index contributed by atoms with van der Waals surface area (Å²) in [6.45, 7) is 3.80. The molecule has 0 aliphatic carbocycles. The highest BCUT2D eigenvalue weighted by Gasteiger charge is 2.24. The van der Waals surface area contributed by atoms with Crippen molar-refractivity contribution < 1.29 is 9.90 Å². The monoisotopic (exact) mass is 214 g/mol. The Labute approximate surface area is 87.3 Å². The minimum atomic E-state index is -0.784. The van der Waals surface area contributed by atoms with E-state index in [4.69, 9.17) is 5.11 Å². The third-order valence-electron chi connectivity index (χ3n) is 1.86. The summed E-state index contributed by atoms with van der Waals surface area (Å²) in [4.78, 5) is 15.0. The summed E-state index contributed by atoms with van der Waals surface area (Å²) in [6.07, 6.45) is 3.48. The largest absolute Gasteiger partial charge is 0.480 e. The first kappa shape index (κ1) is 11.1. The second-order valence-electron chi connectivity index (χ2n) is 3.44. The highest BCUT2D eigenvalue weighted by molar-refractivity contribution is 8.00. The molecule has 0 radical (unpaired) electrons. The Morgan fingerprint density at radius 1 is 1.64 bits per heavy atom. The van der Waals surface area contributed by atoms with Gasteiger partial charge in [0.1, 0.15) is 5.25 Å². The molecule has 78 valence electrons. The smallest absolute Gasteiger partial charge is 0.317 e. The van der Waals surface area contributed by atoms with Gasteiger partial charge in [-0.2, -0.15) is 0 Å². The lowest BCUT2D eigenvalue weighted by Gasteiger charge is -2.14. The van der Waals surface area contributed by atoms with E-state index in [0.717, 1.165) is 5.16 Å². The fraction of sp³-hybridized carbons (Fsp3) is 0.556. The predicted molar refractivity (Wildman–Crippen MR) is 55.3 cm³/mol. The molecule has 0 amide bonds. The van der Waals surface area contributed by atoms with Crippen LogP contribution in [0.5, 0.6) is 0 Å². The molecule has 0 saturated heterocycles. The molecule has 0 spiro atoms. The zero-order chi connectivity index (χ0) is 10.7. The van der Waals surface area contributed by atoms with Crippen molar-refractivity contribution in [2.24, 2.45) is 13.0 Å². The number of rotatable bonds is 4. The second-order valence-corrected chi connectivity index (χ2v) is 4.55. The standard InChI is InChI=1S/C9H14N2O2S/c1-6(2)7(8(12)13)14-9-10-4-5-11(9)3/h4-7H,1-3H3,(H,12,13). The molecule has 0 bridgehead atoms. The van der Waals surface area contributed by atoms with Gasteiger partial charge in [-0.05, 0) is 5.92 Å². The van der Waals surface area contributed by atoms with Crippen molar-refractivity contribution in [3.05, 3.63) is 12.4 Å². The fourth-order valence-electron chi connectivity index (χ4n) is 1.05. The first-order chi connectivity index (χ1) is 6.52. The molecule has 0 aliphatic rings. The topological polar surface area (TPSA) is 55.1 Å². The van der Waals surface area contributed by atoms with E-state index in [0.29, 0.717) is 0 Å². The van der Waals surface area contributed by atoms with E-state index in [1.807, 2.05) is 31.7 Å². The van der Waals surface area contributed by atoms with Gasteiger partial charge in [0.2, 0.25) is 0 Å². The molecule has 0 aliphatic heterocycles. The quantitative estimate of drug-likeness (QED) is 0.774. The lowest BCUT2D eigenvalue weighted by Crippen LogP contribution is -2.22. The number of aromatic nitrogens is 2. The maximum atomic E-state index is 10.9. The van der Waals surface area contributed by atoms with Crippen molar-refractivity contribution in [3.63, 3.8) is 0 Å². The number of imidazole rings is 1. The Morgan fingerprint density at radius 3 is 2.64 bits per heavy atom. The van der Waals surface area contributed by atoms with E-state index in [-0.39, 0.29) is 5.92 Å². The zero-order valence-electron chi connectivity index (χ0n) is 8.47. The number of carboxylic acid groups (broad SMARTS) is 1. The Bertz CT molecular complexity index is 322. The molecule has 0 aromatic carbocycles. The number of carbonyl (C=O) groups is 1. The van der Waals surface area contributed by atoms with Gasteiger partial charge in [0.15, 0.2) is 5.16 Å². The Morgan fingerprint density at radius 2 is 2.29 bits per heavy atom. The van der Waals surface area contributed by atoms with Crippen LogP contribution in [0.3, 0.4) is 0 Å². The van der Waals surface area contributed by atoms with E-state index in [2.05, 4.69) is 4.98 Å². The number of hydrogen-bond acceptors (Lipinski definition) is 3. The SMILES string of the molecule is CC(C)C(Sc1nccn1C)C(=O)O. The molecule has 1 N–H and O–H groups in total. The van der Waals surface area contributed by atoms with Crippen molar-refractivity contribution in [1.29, 1.82) is 0 Å². The van der Waals surface area contributed by atoms with Gasteiger partial charge in [-0.1, -0.05) is 25.6 Å². The summed E-state index contributed by atoms with van der Waals surface area (Å²) in [7, 11) is 1.86. The summed E-state index contributed by atoms with van der Waals surface area (Å²) in [5.41, 5.74) is 0. The van der Waals surface area contributed by atoms with Crippen LogP contribution < -0.4 is 0 Å². The third kappa shape index (κ3) is 2.51. The minimum Gasteiger partial charge on any atom is -0.480 e. The van der Waals surface area contributed by atoms with Crippen molar-refractivity contribution in [2.75, 3.05) is 0 Å². The van der Waals surface area contributed by atoms with Crippen LogP contribution in [0.15, 0.2) is 17.6 Å². The van der Waals surface area contributed by atoms with Crippen LogP contribution in [0.25, 0.3) is 0 Å². The van der Waals surface area contributed by atoms with Crippen LogP contribution in [-0.2, 0) is 11.8 Å². The molecule has 1 heterocycles. The van der Waals surface area contributed by atoms with Crippen LogP contribution in [0, 0.1) is 5.92 Å². The van der Waals surface area contributed by atoms with Gasteiger partial charge >= 0.3 is 5.97 Å². The predicted octanol–water partition coefficient (Wildman–Crippen LogP) is 1.62. The van der Waals surface area contributed by atoms with Crippen LogP contribution in [0.4, 0.5) is 0 Å². The molecule has 1 aromatic rings. The summed E-state index contributed by atoms with van der Waals surface area (Å²) in [5, 5.41) is 9.28. The van der Waals surface area contributed by atoms with Gasteiger partial charge in [0, 0.05) is 19.4 Å². The van der Waals surface area contributed by atoms with Crippen LogP contribution in [0.1, 0.15) is 13.8 Å². The zero-order valence-corrected chi connectivity index (χ0v) is 9.28. The van der Waals surface area contributed by atoms with Gasteiger partial charge in [0.25, 0.3) is 0 Å². The van der Waals surface area contributed by atoms with Gasteiger partial charge in [-0.3, -0.25) is 4.79 Å². The first-order valence-electron chi connectivity index (χ1n) is 4.39. The Hall–Kier alpha value is -0.970. The molecule has 1 atom stereocenters. The first-order valence-corrected chi connectivity index (χ1v) is 5.27. The van der Waals surface area contributed by atoms with Crippen molar-refractivity contribution in [1.82, 2.24) is 9.55 Å². The molecule has 5 heteroatoms. The van der Waals surface area contributed by atoms with Gasteiger partial charge in [0.05, 0.1) is 0 Å². The van der Waals surface area contributed by atoms with Crippen molar-refractivity contribution in [3.8, 4) is 0 Å². The maximum absolute atomic E-state index is 10.9. The van der Waals surface area contributed by atoms with E-state index in [1.165, 1.54) is 11.8 Å². The van der Waals surface area contributed by atoms with E-state index >= 15 is 0 Å². The maximum Gasteiger partial charge on any atom is 0.317 e. The minimum absolute atomic E-state index is 0.0919. The summed E-state index contributed by atoms with van der Waals surface area (Å²) >= 11 is 1.29. The van der Waals surface area contributed by atoms with Gasteiger partial charge < -0.3 is 9.67 Å². The molecular formula is C9H14N2O2S. The number of aliphatic carboxylic acids is 1. The fourth-order valence-corrected chi connectivity index (χ4v) is 2.00. The van der Waals surface area contributed by atoms with E-state index < -0.39 is 11.2 Å². The Balaban J connectivity index is 2.75. The highest BCUT2D eigenvalue weighted by Crippen LogP contribution is 2.26. The van der Waals surface area contributed by atoms with E-state index in [1.54, 1.807) is 6.20 Å². The summed E-state index contributed by atoms with van der Waals surface area (Å²) < 4.78 is 1.82. The van der Waals surface area contributed by atoms with Gasteiger partial charge in [-0.15, -0.1) is 0 Å². The number of thioether (sulfide) groups is 1. The molecule has 0 fully saturated rings. The van der Waals surface area contributed by atoms with Crippen molar-refractivity contribution in [2.45, 2.75) is 24.3 Å². The number of nitrogens with zero attached hydrogens (tertiary/aromatic N) is 2. The molecule has 1 rings (SSSR count). The highest BCUT2D eigenvalue weighted by atomic mass is 32.2. The molecule has 14 heavy (non-hydrogen) atoms. The molecule has 1 aromatic heterocycles. The average molecular weight is 214 g/mol. The van der Waals surface area contributed by atoms with Gasteiger partial charge in [-0.25, -0.2) is 4.98 Å². The molecule has 4 nitrogen and oxygen atoms in total. The van der Waals surface area contributed by atoms with Crippen molar-refractivity contribution >= 4 is 17.7 Å².